The van der Waals surface area contributed by atoms with Gasteiger partial charge in [0, 0.05) is 26.7 Å². The SMILES string of the molecule is CCOCCN(CC)c1c(C=O)c(C)nn1C. The molecule has 96 valence electrons. The molecule has 0 unspecified atom stereocenters. The highest BCUT2D eigenvalue weighted by Crippen LogP contribution is 2.20. The maximum absolute atomic E-state index is 11.1. The van der Waals surface area contributed by atoms with Crippen LogP contribution >= 0.6 is 0 Å². The number of hydrogen-bond acceptors (Lipinski definition) is 4. The third kappa shape index (κ3) is 3.06. The number of nitrogens with zero attached hydrogens (tertiary/aromatic N) is 3. The van der Waals surface area contributed by atoms with Crippen molar-refractivity contribution < 1.29 is 9.53 Å². The Hall–Kier alpha value is -1.36. The van der Waals surface area contributed by atoms with Crippen LogP contribution < -0.4 is 4.90 Å². The number of hydrogen-bond donors (Lipinski definition) is 0. The number of aldehydes is 1. The highest BCUT2D eigenvalue weighted by atomic mass is 16.5. The lowest BCUT2D eigenvalue weighted by atomic mass is 10.2. The Morgan fingerprint density at radius 1 is 1.47 bits per heavy atom. The van der Waals surface area contributed by atoms with Gasteiger partial charge in [-0.3, -0.25) is 9.48 Å². The Morgan fingerprint density at radius 3 is 2.71 bits per heavy atom. The number of carbonyl (C=O) groups excluding carboxylic acids is 1. The van der Waals surface area contributed by atoms with Gasteiger partial charge < -0.3 is 9.64 Å². The molecule has 5 nitrogen and oxygen atoms in total. The monoisotopic (exact) mass is 239 g/mol. The topological polar surface area (TPSA) is 47.4 Å². The van der Waals surface area contributed by atoms with E-state index in [4.69, 9.17) is 4.74 Å². The van der Waals surface area contributed by atoms with Gasteiger partial charge in [-0.2, -0.15) is 5.10 Å². The smallest absolute Gasteiger partial charge is 0.155 e. The van der Waals surface area contributed by atoms with Gasteiger partial charge >= 0.3 is 0 Å². The van der Waals surface area contributed by atoms with Gasteiger partial charge in [-0.15, -0.1) is 0 Å². The van der Waals surface area contributed by atoms with Crippen LogP contribution in [0.5, 0.6) is 0 Å². The van der Waals surface area contributed by atoms with Crippen LogP contribution in [0.4, 0.5) is 5.82 Å². The Kier molecular flexibility index (Phi) is 5.15. The molecule has 0 aromatic carbocycles. The Bertz CT molecular complexity index is 374. The first-order valence-electron chi connectivity index (χ1n) is 5.97. The second kappa shape index (κ2) is 6.39. The van der Waals surface area contributed by atoms with Gasteiger partial charge in [0.2, 0.25) is 0 Å². The molecule has 0 aliphatic rings. The molecule has 0 fully saturated rings. The first-order valence-corrected chi connectivity index (χ1v) is 5.97. The van der Waals surface area contributed by atoms with E-state index in [1.54, 1.807) is 4.68 Å². The molecule has 0 radical (unpaired) electrons. The summed E-state index contributed by atoms with van der Waals surface area (Å²) in [6.07, 6.45) is 0.876. The predicted octanol–water partition coefficient (Wildman–Crippen LogP) is 1.40. The molecule has 17 heavy (non-hydrogen) atoms. The first kappa shape index (κ1) is 13.7. The largest absolute Gasteiger partial charge is 0.380 e. The van der Waals surface area contributed by atoms with E-state index in [9.17, 15) is 4.79 Å². The van der Waals surface area contributed by atoms with E-state index in [1.807, 2.05) is 20.9 Å². The third-order valence-corrected chi connectivity index (χ3v) is 2.75. The molecule has 0 aliphatic carbocycles. The van der Waals surface area contributed by atoms with Crippen molar-refractivity contribution >= 4 is 12.1 Å². The van der Waals surface area contributed by atoms with Crippen LogP contribution in [0.2, 0.25) is 0 Å². The number of aromatic nitrogens is 2. The number of ether oxygens (including phenoxy) is 1. The molecule has 1 aromatic rings. The molecule has 1 aromatic heterocycles. The van der Waals surface area contributed by atoms with E-state index < -0.39 is 0 Å². The zero-order chi connectivity index (χ0) is 12.8. The summed E-state index contributed by atoms with van der Waals surface area (Å²) in [5.74, 6) is 0.875. The fraction of sp³-hybridized carbons (Fsp3) is 0.667. The second-order valence-electron chi connectivity index (χ2n) is 3.84. The van der Waals surface area contributed by atoms with Gasteiger partial charge in [-0.1, -0.05) is 0 Å². The summed E-state index contributed by atoms with van der Waals surface area (Å²) in [5.41, 5.74) is 1.44. The molecule has 0 spiro atoms. The minimum absolute atomic E-state index is 0.660. The minimum atomic E-state index is 0.660. The molecule has 0 atom stereocenters. The molecule has 0 saturated heterocycles. The number of carbonyl (C=O) groups is 1. The van der Waals surface area contributed by atoms with Gasteiger partial charge in [0.1, 0.15) is 5.82 Å². The van der Waals surface area contributed by atoms with Crippen LogP contribution in [0.3, 0.4) is 0 Å². The predicted molar refractivity (Wildman–Crippen MR) is 67.7 cm³/mol. The zero-order valence-electron chi connectivity index (χ0n) is 11.1. The average molecular weight is 239 g/mol. The molecular weight excluding hydrogens is 218 g/mol. The normalized spacial score (nSPS) is 10.6. The number of anilines is 1. The van der Waals surface area contributed by atoms with Crippen molar-refractivity contribution in [3.05, 3.63) is 11.3 Å². The van der Waals surface area contributed by atoms with Gasteiger partial charge in [0.15, 0.2) is 6.29 Å². The van der Waals surface area contributed by atoms with E-state index in [0.29, 0.717) is 18.8 Å². The Labute approximate surface area is 102 Å². The van der Waals surface area contributed by atoms with Crippen LogP contribution in [-0.2, 0) is 11.8 Å². The molecule has 0 saturated carbocycles. The summed E-state index contributed by atoms with van der Waals surface area (Å²) < 4.78 is 7.11. The van der Waals surface area contributed by atoms with Gasteiger partial charge in [-0.05, 0) is 20.8 Å². The lowest BCUT2D eigenvalue weighted by molar-refractivity contribution is 0.112. The van der Waals surface area contributed by atoms with Gasteiger partial charge in [0.05, 0.1) is 17.9 Å². The summed E-state index contributed by atoms with van der Waals surface area (Å²) in [6.45, 7) is 8.85. The molecule has 0 aliphatic heterocycles. The quantitative estimate of drug-likeness (QED) is 0.533. The van der Waals surface area contributed by atoms with E-state index >= 15 is 0 Å². The van der Waals surface area contributed by atoms with Crippen LogP contribution in [-0.4, -0.2) is 42.4 Å². The molecule has 5 heteroatoms. The maximum Gasteiger partial charge on any atom is 0.155 e. The summed E-state index contributed by atoms with van der Waals surface area (Å²) >= 11 is 0. The molecule has 1 heterocycles. The number of rotatable bonds is 7. The van der Waals surface area contributed by atoms with Crippen LogP contribution in [0.25, 0.3) is 0 Å². The summed E-state index contributed by atoms with van der Waals surface area (Å²) in [4.78, 5) is 13.2. The van der Waals surface area contributed by atoms with E-state index in [1.165, 1.54) is 0 Å². The third-order valence-electron chi connectivity index (χ3n) is 2.75. The summed E-state index contributed by atoms with van der Waals surface area (Å²) in [7, 11) is 1.86. The standard InChI is InChI=1S/C12H21N3O2/c1-5-15(7-8-17-6-2)12-11(9-16)10(3)13-14(12)4/h9H,5-8H2,1-4H3. The molecule has 0 amide bonds. The fourth-order valence-electron chi connectivity index (χ4n) is 1.91. The van der Waals surface area contributed by atoms with E-state index in [-0.39, 0.29) is 0 Å². The van der Waals surface area contributed by atoms with E-state index in [2.05, 4.69) is 16.9 Å². The fourth-order valence-corrected chi connectivity index (χ4v) is 1.91. The van der Waals surface area contributed by atoms with Crippen molar-refractivity contribution in [1.29, 1.82) is 0 Å². The number of likely N-dealkylation sites (N-methyl/N-ethyl adjacent to an activating group) is 1. The highest BCUT2D eigenvalue weighted by molar-refractivity contribution is 5.84. The first-order chi connectivity index (χ1) is 8.15. The summed E-state index contributed by atoms with van der Waals surface area (Å²) in [6, 6.07) is 0. The van der Waals surface area contributed by atoms with Crippen molar-refractivity contribution in [2.45, 2.75) is 20.8 Å². The Balaban J connectivity index is 2.90. The van der Waals surface area contributed by atoms with E-state index in [0.717, 1.165) is 30.9 Å². The number of aryl methyl sites for hydroxylation is 2. The average Bonchev–Trinajstić information content (AvgIpc) is 2.59. The van der Waals surface area contributed by atoms with Crippen molar-refractivity contribution in [1.82, 2.24) is 9.78 Å². The maximum atomic E-state index is 11.1. The van der Waals surface area contributed by atoms with Crippen molar-refractivity contribution in [3.63, 3.8) is 0 Å². The molecule has 0 bridgehead atoms. The van der Waals surface area contributed by atoms with Crippen LogP contribution in [0, 0.1) is 6.92 Å². The van der Waals surface area contributed by atoms with Crippen molar-refractivity contribution in [2.75, 3.05) is 31.2 Å². The lowest BCUT2D eigenvalue weighted by Gasteiger charge is -2.23. The molecular formula is C12H21N3O2. The highest BCUT2D eigenvalue weighted by Gasteiger charge is 2.17. The second-order valence-corrected chi connectivity index (χ2v) is 3.84. The van der Waals surface area contributed by atoms with Crippen molar-refractivity contribution in [3.8, 4) is 0 Å². The lowest BCUT2D eigenvalue weighted by Crippen LogP contribution is -2.29. The molecule has 1 rings (SSSR count). The zero-order valence-corrected chi connectivity index (χ0v) is 11.1. The summed E-state index contributed by atoms with van der Waals surface area (Å²) in [5, 5.41) is 4.28. The Morgan fingerprint density at radius 2 is 2.18 bits per heavy atom. The molecule has 0 N–H and O–H groups in total. The van der Waals surface area contributed by atoms with Gasteiger partial charge in [-0.25, -0.2) is 0 Å². The van der Waals surface area contributed by atoms with Crippen LogP contribution in [0.1, 0.15) is 29.9 Å². The van der Waals surface area contributed by atoms with Crippen LogP contribution in [0.15, 0.2) is 0 Å². The minimum Gasteiger partial charge on any atom is -0.380 e. The van der Waals surface area contributed by atoms with Crippen molar-refractivity contribution in [2.24, 2.45) is 7.05 Å². The van der Waals surface area contributed by atoms with Gasteiger partial charge in [0.25, 0.3) is 0 Å².